The SMILES string of the molecule is [B]c1c([B])c([B])c2c(c1[B])-c1c([B])c([B])c(Br)c([B])c1C2(C)C. The molecule has 0 heterocycles. The topological polar surface area (TPSA) is 0 Å². The highest BCUT2D eigenvalue weighted by Crippen LogP contribution is 2.44. The summed E-state index contributed by atoms with van der Waals surface area (Å²) in [7, 11) is 43.2. The quantitative estimate of drug-likeness (QED) is 0.433. The van der Waals surface area contributed by atoms with Gasteiger partial charge in [0.05, 0.1) is 0 Å². The molecule has 0 aromatic heterocycles. The Morgan fingerprint density at radius 3 is 1.48 bits per heavy atom. The van der Waals surface area contributed by atoms with Gasteiger partial charge in [0.1, 0.15) is 54.9 Å². The summed E-state index contributed by atoms with van der Waals surface area (Å²) in [5.41, 5.74) is 4.88. The van der Waals surface area contributed by atoms with Crippen molar-refractivity contribution in [2.24, 2.45) is 0 Å². The molecule has 0 spiro atoms. The molecule has 0 aliphatic heterocycles. The Hall–Kier alpha value is -0.625. The molecular weight excluding hydrogens is 336 g/mol. The largest absolute Gasteiger partial charge is 0.115 e. The first-order chi connectivity index (χ1) is 10.5. The fourth-order valence-electron chi connectivity index (χ4n) is 3.55. The molecule has 0 N–H and O–H groups in total. The summed E-state index contributed by atoms with van der Waals surface area (Å²) in [6, 6.07) is 0. The van der Waals surface area contributed by atoms with E-state index in [1.54, 1.807) is 0 Å². The summed E-state index contributed by atoms with van der Waals surface area (Å²) < 4.78 is 0.563. The van der Waals surface area contributed by atoms with Gasteiger partial charge in [0, 0.05) is 9.89 Å². The highest BCUT2D eigenvalue weighted by atomic mass is 79.9. The van der Waals surface area contributed by atoms with Crippen LogP contribution in [0.3, 0.4) is 0 Å². The predicted octanol–water partition coefficient (Wildman–Crippen LogP) is -3.69. The third-order valence-corrected chi connectivity index (χ3v) is 5.57. The molecule has 0 nitrogen and oxygen atoms in total. The number of halogens is 1. The lowest BCUT2D eigenvalue weighted by Gasteiger charge is -2.28. The Balaban J connectivity index is 2.63. The minimum atomic E-state index is -0.543. The van der Waals surface area contributed by atoms with Gasteiger partial charge >= 0.3 is 0 Å². The predicted molar refractivity (Wildman–Crippen MR) is 109 cm³/mol. The molecule has 8 heteroatoms. The smallest absolute Gasteiger partial charge is 0.111 e. The number of hydrogen-bond acceptors (Lipinski definition) is 0. The number of fused-ring (bicyclic) bond motifs is 3. The van der Waals surface area contributed by atoms with Crippen molar-refractivity contribution in [3.05, 3.63) is 15.6 Å². The summed E-state index contributed by atoms with van der Waals surface area (Å²) in [6.45, 7) is 3.98. The van der Waals surface area contributed by atoms with Crippen LogP contribution in [0.2, 0.25) is 0 Å². The molecule has 0 fully saturated rings. The average molecular weight is 342 g/mol. The maximum atomic E-state index is 6.31. The normalized spacial score (nSPS) is 14.6. The van der Waals surface area contributed by atoms with Crippen LogP contribution in [-0.2, 0) is 5.41 Å². The second-order valence-corrected chi connectivity index (χ2v) is 7.13. The molecule has 2 aromatic carbocycles. The van der Waals surface area contributed by atoms with Crippen molar-refractivity contribution in [1.82, 2.24) is 0 Å². The highest BCUT2D eigenvalue weighted by molar-refractivity contribution is 9.10. The maximum absolute atomic E-state index is 6.31. The first kappa shape index (κ1) is 17.2. The maximum Gasteiger partial charge on any atom is 0.115 e. The standard InChI is InChI=1S/C15H6B7Br/c1-15(2)5-3(7(16)11(20)12(21)9(5)18)4-6(15)10(19)14(23)13(22)8(4)17/h1-2H3. The number of benzene rings is 2. The van der Waals surface area contributed by atoms with Crippen LogP contribution in [0.1, 0.15) is 25.0 Å². The number of hydrogen-bond donors (Lipinski definition) is 0. The third kappa shape index (κ3) is 2.00. The van der Waals surface area contributed by atoms with Gasteiger partial charge in [-0.15, -0.1) is 10.9 Å². The van der Waals surface area contributed by atoms with Crippen LogP contribution in [0.5, 0.6) is 0 Å². The van der Waals surface area contributed by atoms with Gasteiger partial charge in [0.2, 0.25) is 0 Å². The zero-order chi connectivity index (χ0) is 17.4. The molecule has 0 atom stereocenters. The van der Waals surface area contributed by atoms with Crippen molar-refractivity contribution < 1.29 is 0 Å². The molecule has 0 saturated carbocycles. The first-order valence-electron chi connectivity index (χ1n) is 6.96. The van der Waals surface area contributed by atoms with Gasteiger partial charge in [-0.3, -0.25) is 0 Å². The lowest BCUT2D eigenvalue weighted by molar-refractivity contribution is 0.669. The zero-order valence-electron chi connectivity index (χ0n) is 12.9. The van der Waals surface area contributed by atoms with Gasteiger partial charge in [0.25, 0.3) is 0 Å². The fourth-order valence-corrected chi connectivity index (χ4v) is 3.96. The third-order valence-electron chi connectivity index (χ3n) is 4.71. The van der Waals surface area contributed by atoms with Gasteiger partial charge in [-0.1, -0.05) is 57.1 Å². The molecule has 1 aliphatic rings. The van der Waals surface area contributed by atoms with E-state index in [1.807, 2.05) is 13.8 Å². The van der Waals surface area contributed by atoms with Crippen LogP contribution in [-0.4, -0.2) is 54.9 Å². The molecule has 0 unspecified atom stereocenters. The van der Waals surface area contributed by atoms with E-state index in [4.69, 9.17) is 54.9 Å². The summed E-state index contributed by atoms with van der Waals surface area (Å²) >= 11 is 3.40. The van der Waals surface area contributed by atoms with Gasteiger partial charge in [-0.2, -0.15) is 0 Å². The zero-order valence-corrected chi connectivity index (χ0v) is 14.5. The first-order valence-corrected chi connectivity index (χ1v) is 7.75. The van der Waals surface area contributed by atoms with Crippen molar-refractivity contribution in [3.8, 4) is 11.1 Å². The molecule has 94 valence electrons. The molecule has 0 saturated heterocycles. The molecular formula is C15H6B7Br. The van der Waals surface area contributed by atoms with Crippen LogP contribution in [0.25, 0.3) is 11.1 Å². The second-order valence-electron chi connectivity index (χ2n) is 6.33. The Labute approximate surface area is 155 Å². The molecule has 14 radical (unpaired) electrons. The van der Waals surface area contributed by atoms with Gasteiger partial charge < -0.3 is 0 Å². The lowest BCUT2D eigenvalue weighted by Crippen LogP contribution is -2.51. The summed E-state index contributed by atoms with van der Waals surface area (Å²) in [5, 5.41) is 0. The second kappa shape index (κ2) is 5.18. The molecule has 3 rings (SSSR count). The Kier molecular flexibility index (Phi) is 3.88. The fraction of sp³-hybridized carbons (Fsp3) is 0.200. The van der Waals surface area contributed by atoms with Gasteiger partial charge in [-0.25, -0.2) is 0 Å². The summed E-state index contributed by atoms with van der Waals surface area (Å²) in [4.78, 5) is 0. The van der Waals surface area contributed by atoms with Gasteiger partial charge in [-0.05, 0) is 22.3 Å². The van der Waals surface area contributed by atoms with E-state index in [-0.39, 0.29) is 10.9 Å². The van der Waals surface area contributed by atoms with E-state index < -0.39 is 5.41 Å². The molecule has 0 bridgehead atoms. The monoisotopic (exact) mass is 342 g/mol. The Morgan fingerprint density at radius 2 is 0.957 bits per heavy atom. The van der Waals surface area contributed by atoms with E-state index in [0.717, 1.165) is 11.1 Å². The van der Waals surface area contributed by atoms with Crippen LogP contribution in [0.15, 0.2) is 4.47 Å². The molecule has 23 heavy (non-hydrogen) atoms. The van der Waals surface area contributed by atoms with Crippen molar-refractivity contribution in [1.29, 1.82) is 0 Å². The average Bonchev–Trinajstić information content (AvgIpc) is 2.74. The van der Waals surface area contributed by atoms with Crippen molar-refractivity contribution in [3.63, 3.8) is 0 Å². The molecule has 2 aromatic rings. The van der Waals surface area contributed by atoms with Crippen molar-refractivity contribution in [2.75, 3.05) is 0 Å². The minimum Gasteiger partial charge on any atom is -0.111 e. The van der Waals surface area contributed by atoms with Crippen LogP contribution >= 0.6 is 15.9 Å². The summed E-state index contributed by atoms with van der Waals surface area (Å²) in [6.07, 6.45) is 0. The van der Waals surface area contributed by atoms with Crippen LogP contribution in [0.4, 0.5) is 0 Å². The van der Waals surface area contributed by atoms with Crippen molar-refractivity contribution >= 4 is 109 Å². The van der Waals surface area contributed by atoms with E-state index in [1.165, 1.54) is 0 Å². The highest BCUT2D eigenvalue weighted by Gasteiger charge is 2.40. The van der Waals surface area contributed by atoms with E-state index in [9.17, 15) is 0 Å². The van der Waals surface area contributed by atoms with E-state index >= 15 is 0 Å². The van der Waals surface area contributed by atoms with Gasteiger partial charge in [0.15, 0.2) is 0 Å². The molecule has 1 aliphatic carbocycles. The Morgan fingerprint density at radius 1 is 0.565 bits per heavy atom. The lowest BCUT2D eigenvalue weighted by atomic mass is 9.61. The van der Waals surface area contributed by atoms with Crippen molar-refractivity contribution in [2.45, 2.75) is 19.3 Å². The number of rotatable bonds is 0. The molecule has 0 amide bonds. The van der Waals surface area contributed by atoms with Crippen LogP contribution < -0.4 is 38.2 Å². The van der Waals surface area contributed by atoms with E-state index in [2.05, 4.69) is 15.9 Å². The van der Waals surface area contributed by atoms with E-state index in [0.29, 0.717) is 42.9 Å². The minimum absolute atomic E-state index is 0.240. The van der Waals surface area contributed by atoms with Crippen LogP contribution in [0, 0.1) is 0 Å². The Bertz CT molecular complexity index is 815. The summed E-state index contributed by atoms with van der Waals surface area (Å²) in [5.74, 6) is 0.